The van der Waals surface area contributed by atoms with Gasteiger partial charge in [-0.2, -0.15) is 0 Å². The van der Waals surface area contributed by atoms with E-state index in [1.807, 2.05) is 30.3 Å². The van der Waals surface area contributed by atoms with E-state index in [4.69, 9.17) is 14.2 Å². The summed E-state index contributed by atoms with van der Waals surface area (Å²) in [5, 5.41) is 2.72. The van der Waals surface area contributed by atoms with E-state index in [9.17, 15) is 4.79 Å². The first-order chi connectivity index (χ1) is 12.7. The van der Waals surface area contributed by atoms with Crippen LogP contribution in [-0.4, -0.2) is 33.8 Å². The van der Waals surface area contributed by atoms with Gasteiger partial charge >= 0.3 is 0 Å². The van der Waals surface area contributed by atoms with Crippen LogP contribution in [0.5, 0.6) is 17.2 Å². The molecule has 2 aromatic rings. The van der Waals surface area contributed by atoms with Crippen molar-refractivity contribution in [2.24, 2.45) is 0 Å². The molecule has 0 spiro atoms. The molecule has 0 saturated carbocycles. The van der Waals surface area contributed by atoms with Crippen LogP contribution in [0, 0.1) is 11.8 Å². The van der Waals surface area contributed by atoms with E-state index in [1.54, 1.807) is 39.5 Å². The average molecular weight is 351 g/mol. The fraction of sp³-hybridized carbons (Fsp3) is 0.190. The monoisotopic (exact) mass is 351 g/mol. The summed E-state index contributed by atoms with van der Waals surface area (Å²) in [6, 6.07) is 12.9. The number of hydrogen-bond acceptors (Lipinski definition) is 4. The second kappa shape index (κ2) is 9.80. The quantitative estimate of drug-likeness (QED) is 0.642. The summed E-state index contributed by atoms with van der Waals surface area (Å²) in [7, 11) is 4.74. The molecule has 0 radical (unpaired) electrons. The van der Waals surface area contributed by atoms with Crippen LogP contribution in [0.25, 0.3) is 6.08 Å². The maximum atomic E-state index is 11.9. The molecule has 0 aliphatic rings. The second-order valence-electron chi connectivity index (χ2n) is 5.17. The van der Waals surface area contributed by atoms with Gasteiger partial charge in [-0.15, -0.1) is 0 Å². The zero-order chi connectivity index (χ0) is 18.8. The zero-order valence-electron chi connectivity index (χ0n) is 15.0. The molecular weight excluding hydrogens is 330 g/mol. The molecule has 1 N–H and O–H groups in total. The Kier molecular flexibility index (Phi) is 7.14. The molecule has 0 aromatic heterocycles. The van der Waals surface area contributed by atoms with E-state index in [0.29, 0.717) is 17.2 Å². The fourth-order valence-corrected chi connectivity index (χ4v) is 2.21. The molecule has 2 rings (SSSR count). The molecule has 0 bridgehead atoms. The lowest BCUT2D eigenvalue weighted by atomic mass is 10.2. The Labute approximate surface area is 153 Å². The minimum absolute atomic E-state index is 0.228. The highest BCUT2D eigenvalue weighted by atomic mass is 16.5. The van der Waals surface area contributed by atoms with Crippen LogP contribution in [0.15, 0.2) is 48.5 Å². The van der Waals surface area contributed by atoms with Crippen molar-refractivity contribution in [2.75, 3.05) is 27.9 Å². The molecule has 5 nitrogen and oxygen atoms in total. The minimum atomic E-state index is -0.228. The van der Waals surface area contributed by atoms with Gasteiger partial charge in [0.1, 0.15) is 5.75 Å². The predicted octanol–water partition coefficient (Wildman–Crippen LogP) is 2.89. The molecule has 0 aliphatic heterocycles. The molecule has 1 amide bonds. The van der Waals surface area contributed by atoms with Crippen LogP contribution < -0.4 is 19.5 Å². The number of para-hydroxylation sites is 1. The van der Waals surface area contributed by atoms with Gasteiger partial charge in [-0.3, -0.25) is 4.79 Å². The topological polar surface area (TPSA) is 56.8 Å². The number of carbonyl (C=O) groups excluding carboxylic acids is 1. The average Bonchev–Trinajstić information content (AvgIpc) is 2.69. The molecule has 2 aromatic carbocycles. The van der Waals surface area contributed by atoms with Crippen molar-refractivity contribution in [3.8, 4) is 29.1 Å². The molecule has 0 atom stereocenters. The highest BCUT2D eigenvalue weighted by Crippen LogP contribution is 2.27. The van der Waals surface area contributed by atoms with E-state index in [-0.39, 0.29) is 12.5 Å². The number of amides is 1. The largest absolute Gasteiger partial charge is 0.495 e. The minimum Gasteiger partial charge on any atom is -0.495 e. The highest BCUT2D eigenvalue weighted by molar-refractivity contribution is 5.91. The Hall–Kier alpha value is -3.39. The van der Waals surface area contributed by atoms with E-state index in [1.165, 1.54) is 6.08 Å². The molecule has 26 heavy (non-hydrogen) atoms. The van der Waals surface area contributed by atoms with Crippen LogP contribution in [0.1, 0.15) is 11.1 Å². The van der Waals surface area contributed by atoms with Gasteiger partial charge in [-0.1, -0.05) is 30.0 Å². The lowest BCUT2D eigenvalue weighted by Gasteiger charge is -2.07. The third kappa shape index (κ3) is 5.32. The Bertz CT molecular complexity index is 847. The number of carbonyl (C=O) groups is 1. The molecule has 5 heteroatoms. The van der Waals surface area contributed by atoms with E-state index < -0.39 is 0 Å². The molecule has 0 saturated heterocycles. The number of nitrogens with one attached hydrogen (secondary N) is 1. The molecule has 0 unspecified atom stereocenters. The van der Waals surface area contributed by atoms with Gasteiger partial charge in [0.25, 0.3) is 0 Å². The first-order valence-corrected chi connectivity index (χ1v) is 7.97. The van der Waals surface area contributed by atoms with Crippen LogP contribution in [-0.2, 0) is 4.79 Å². The smallest absolute Gasteiger partial charge is 0.244 e. The summed E-state index contributed by atoms with van der Waals surface area (Å²) in [6.45, 7) is 0.243. The van der Waals surface area contributed by atoms with Gasteiger partial charge in [-0.05, 0) is 35.9 Å². The van der Waals surface area contributed by atoms with Crippen molar-refractivity contribution in [1.29, 1.82) is 0 Å². The van der Waals surface area contributed by atoms with Crippen molar-refractivity contribution in [3.05, 3.63) is 59.7 Å². The van der Waals surface area contributed by atoms with E-state index in [0.717, 1.165) is 11.1 Å². The predicted molar refractivity (Wildman–Crippen MR) is 101 cm³/mol. The summed E-state index contributed by atoms with van der Waals surface area (Å²) in [5.74, 6) is 7.61. The number of rotatable bonds is 6. The third-order valence-corrected chi connectivity index (χ3v) is 3.52. The lowest BCUT2D eigenvalue weighted by Crippen LogP contribution is -2.20. The SMILES string of the molecule is COc1ccccc1C#CCNC(=O)/C=C/c1ccc(OC)c(OC)c1. The van der Waals surface area contributed by atoms with Gasteiger partial charge < -0.3 is 19.5 Å². The first kappa shape index (κ1) is 18.9. The van der Waals surface area contributed by atoms with Crippen LogP contribution >= 0.6 is 0 Å². The Morgan fingerprint density at radius 3 is 2.46 bits per heavy atom. The summed E-state index contributed by atoms with van der Waals surface area (Å²) < 4.78 is 15.6. The Morgan fingerprint density at radius 1 is 1.00 bits per heavy atom. The van der Waals surface area contributed by atoms with Gasteiger partial charge in [0.15, 0.2) is 11.5 Å². The van der Waals surface area contributed by atoms with Crippen molar-refractivity contribution in [3.63, 3.8) is 0 Å². The lowest BCUT2D eigenvalue weighted by molar-refractivity contribution is -0.116. The highest BCUT2D eigenvalue weighted by Gasteiger charge is 2.03. The van der Waals surface area contributed by atoms with Gasteiger partial charge in [0.2, 0.25) is 5.91 Å². The van der Waals surface area contributed by atoms with Gasteiger partial charge in [0.05, 0.1) is 33.4 Å². The number of benzene rings is 2. The van der Waals surface area contributed by atoms with Crippen molar-refractivity contribution in [1.82, 2.24) is 5.32 Å². The number of hydrogen-bond donors (Lipinski definition) is 1. The van der Waals surface area contributed by atoms with Crippen molar-refractivity contribution < 1.29 is 19.0 Å². The van der Waals surface area contributed by atoms with E-state index >= 15 is 0 Å². The Morgan fingerprint density at radius 2 is 1.73 bits per heavy atom. The van der Waals surface area contributed by atoms with Crippen molar-refractivity contribution in [2.45, 2.75) is 0 Å². The van der Waals surface area contributed by atoms with E-state index in [2.05, 4.69) is 17.2 Å². The van der Waals surface area contributed by atoms with Gasteiger partial charge in [-0.25, -0.2) is 0 Å². The normalized spacial score (nSPS) is 9.96. The first-order valence-electron chi connectivity index (χ1n) is 7.97. The summed E-state index contributed by atoms with van der Waals surface area (Å²) >= 11 is 0. The molecule has 0 fully saturated rings. The van der Waals surface area contributed by atoms with Crippen molar-refractivity contribution >= 4 is 12.0 Å². The fourth-order valence-electron chi connectivity index (χ4n) is 2.21. The summed E-state index contributed by atoms with van der Waals surface area (Å²) in [6.07, 6.45) is 3.15. The molecule has 0 heterocycles. The van der Waals surface area contributed by atoms with Gasteiger partial charge in [0, 0.05) is 6.08 Å². The maximum Gasteiger partial charge on any atom is 0.244 e. The summed E-state index contributed by atoms with van der Waals surface area (Å²) in [4.78, 5) is 11.9. The second-order valence-corrected chi connectivity index (χ2v) is 5.17. The Balaban J connectivity index is 1.91. The number of methoxy groups -OCH3 is 3. The molecular formula is C21H21NO4. The van der Waals surface area contributed by atoms with Crippen LogP contribution in [0.2, 0.25) is 0 Å². The molecule has 134 valence electrons. The van der Waals surface area contributed by atoms with Crippen LogP contribution in [0.3, 0.4) is 0 Å². The third-order valence-electron chi connectivity index (χ3n) is 3.52. The van der Waals surface area contributed by atoms with Crippen LogP contribution in [0.4, 0.5) is 0 Å². The summed E-state index contributed by atoms with van der Waals surface area (Å²) in [5.41, 5.74) is 1.61. The zero-order valence-corrected chi connectivity index (χ0v) is 15.0. The maximum absolute atomic E-state index is 11.9. The standard InChI is InChI=1S/C21H21NO4/c1-24-18-9-5-4-7-17(18)8-6-14-22-21(23)13-11-16-10-12-19(25-2)20(15-16)26-3/h4-5,7,9-13,15H,14H2,1-3H3,(H,22,23)/b13-11+. The number of ether oxygens (including phenoxy) is 3. The molecule has 0 aliphatic carbocycles.